The van der Waals surface area contributed by atoms with E-state index in [4.69, 9.17) is 0 Å². The number of fused-ring (bicyclic) bond motifs is 1. The number of hydrogen-bond donors (Lipinski definition) is 0. The average molecular weight is 484 g/mol. The zero-order valence-electron chi connectivity index (χ0n) is 14.7. The van der Waals surface area contributed by atoms with Crippen LogP contribution in [0.25, 0.3) is 11.3 Å². The monoisotopic (exact) mass is 486 g/mol. The van der Waals surface area contributed by atoms with Gasteiger partial charge in [-0.25, -0.2) is 0 Å². The summed E-state index contributed by atoms with van der Waals surface area (Å²) in [6.45, 7) is 0. The number of rotatable bonds is 4. The van der Waals surface area contributed by atoms with E-state index >= 15 is 0 Å². The third kappa shape index (κ3) is 3.28. The Morgan fingerprint density at radius 1 is 0.852 bits per heavy atom. The number of benzene rings is 2. The molecule has 2 heterocycles. The first kappa shape index (κ1) is 17.3. The van der Waals surface area contributed by atoms with Crippen LogP contribution in [-0.4, -0.2) is 47.9 Å². The van der Waals surface area contributed by atoms with Gasteiger partial charge in [0.25, 0.3) is 0 Å². The summed E-state index contributed by atoms with van der Waals surface area (Å²) >= 11 is 0.242. The van der Waals surface area contributed by atoms with E-state index in [0.29, 0.717) is 5.92 Å². The van der Waals surface area contributed by atoms with Gasteiger partial charge in [0.2, 0.25) is 0 Å². The van der Waals surface area contributed by atoms with Crippen LogP contribution in [0, 0.1) is 0 Å². The fourth-order valence-electron chi connectivity index (χ4n) is 4.04. The van der Waals surface area contributed by atoms with Crippen molar-refractivity contribution in [3.63, 3.8) is 0 Å². The van der Waals surface area contributed by atoms with Crippen LogP contribution in [0.15, 0.2) is 60.7 Å². The van der Waals surface area contributed by atoms with E-state index in [9.17, 15) is 0 Å². The summed E-state index contributed by atoms with van der Waals surface area (Å²) in [6, 6.07) is 21.4. The number of aromatic nitrogens is 4. The molecule has 2 aromatic heterocycles. The molecule has 0 fully saturated rings. The van der Waals surface area contributed by atoms with E-state index in [1.807, 2.05) is 0 Å². The van der Waals surface area contributed by atoms with Crippen molar-refractivity contribution in [1.29, 1.82) is 0 Å². The Morgan fingerprint density at radius 2 is 1.59 bits per heavy atom. The van der Waals surface area contributed by atoms with Crippen molar-refractivity contribution < 1.29 is 0 Å². The molecular formula is C21H18N4Se2. The van der Waals surface area contributed by atoms with Crippen LogP contribution in [0.4, 0.5) is 0 Å². The fraction of sp³-hybridized carbons (Fsp3) is 0.238. The molecular weight excluding hydrogens is 466 g/mol. The number of nitrogens with zero attached hydrogens (tertiary/aromatic N) is 4. The molecule has 0 amide bonds. The number of hydrogen-bond acceptors (Lipinski definition) is 4. The first-order valence-corrected chi connectivity index (χ1v) is 12.4. The van der Waals surface area contributed by atoms with Crippen molar-refractivity contribution in [2.45, 2.75) is 31.1 Å². The Kier molecular flexibility index (Phi) is 4.89. The molecule has 134 valence electrons. The first-order valence-electron chi connectivity index (χ1n) is 9.15. The van der Waals surface area contributed by atoms with Gasteiger partial charge in [-0.1, -0.05) is 0 Å². The summed E-state index contributed by atoms with van der Waals surface area (Å²) in [4.78, 5) is 0. The average Bonchev–Trinajstić information content (AvgIpc) is 3.40. The van der Waals surface area contributed by atoms with E-state index < -0.39 is 0 Å². The van der Waals surface area contributed by atoms with Gasteiger partial charge >= 0.3 is 171 Å². The van der Waals surface area contributed by atoms with Crippen molar-refractivity contribution >= 4 is 29.5 Å². The van der Waals surface area contributed by atoms with Gasteiger partial charge in [0, 0.05) is 0 Å². The molecule has 0 N–H and O–H groups in total. The van der Waals surface area contributed by atoms with Crippen molar-refractivity contribution in [3.8, 4) is 11.3 Å². The van der Waals surface area contributed by atoms with E-state index in [0.717, 1.165) is 12.1 Å². The second-order valence-electron chi connectivity index (χ2n) is 6.82. The molecule has 0 saturated heterocycles. The van der Waals surface area contributed by atoms with Crippen molar-refractivity contribution in [3.05, 3.63) is 80.8 Å². The van der Waals surface area contributed by atoms with Crippen molar-refractivity contribution in [2.75, 3.05) is 0 Å². The normalized spacial score (nSPS) is 17.4. The van der Waals surface area contributed by atoms with Gasteiger partial charge < -0.3 is 0 Å². The predicted octanol–water partition coefficient (Wildman–Crippen LogP) is 3.30. The van der Waals surface area contributed by atoms with Crippen LogP contribution in [-0.2, 0) is 6.42 Å². The van der Waals surface area contributed by atoms with Crippen LogP contribution in [0.2, 0.25) is 0 Å². The van der Waals surface area contributed by atoms with E-state index in [1.165, 1.54) is 38.5 Å². The molecule has 2 aromatic carbocycles. The van der Waals surface area contributed by atoms with Crippen LogP contribution in [0.3, 0.4) is 0 Å². The molecule has 0 unspecified atom stereocenters. The molecule has 6 heteroatoms. The fourth-order valence-corrected chi connectivity index (χ4v) is 7.43. The SMILES string of the molecule is c1ccc(-c2nn[se]c2[C@@H](c2ccccc2)[C@@H]2CCCc3[se]nnc32)cc1. The van der Waals surface area contributed by atoms with E-state index in [2.05, 4.69) is 79.0 Å². The molecule has 1 aliphatic carbocycles. The first-order chi connectivity index (χ1) is 13.4. The van der Waals surface area contributed by atoms with Gasteiger partial charge in [-0.2, -0.15) is 0 Å². The Balaban J connectivity index is 1.67. The van der Waals surface area contributed by atoms with Crippen LogP contribution in [0.1, 0.15) is 44.8 Å². The summed E-state index contributed by atoms with van der Waals surface area (Å²) in [5.41, 5.74) is 4.85. The van der Waals surface area contributed by atoms with Gasteiger partial charge in [-0.15, -0.1) is 0 Å². The Labute approximate surface area is 170 Å². The topological polar surface area (TPSA) is 51.6 Å². The molecule has 4 aromatic rings. The maximum absolute atomic E-state index is 4.61. The summed E-state index contributed by atoms with van der Waals surface area (Å²) < 4.78 is 11.8. The standard InChI is InChI=1S/C21H18N4Se2/c1-3-8-14(9-4-1)18(16-12-7-13-17-20(16)23-24-26-17)21-19(22-25-27-21)15-10-5-2-6-11-15/h1-6,8-11,16,18H,7,12-13H2/t16-,18-/m0/s1. The minimum absolute atomic E-state index is 0.0325. The van der Waals surface area contributed by atoms with E-state index in [-0.39, 0.29) is 35.4 Å². The van der Waals surface area contributed by atoms with Gasteiger partial charge in [-0.3, -0.25) is 0 Å². The van der Waals surface area contributed by atoms with Crippen LogP contribution < -0.4 is 0 Å². The van der Waals surface area contributed by atoms with Crippen molar-refractivity contribution in [2.24, 2.45) is 0 Å². The molecule has 0 saturated carbocycles. The predicted molar refractivity (Wildman–Crippen MR) is 107 cm³/mol. The zero-order valence-corrected chi connectivity index (χ0v) is 18.1. The summed E-state index contributed by atoms with van der Waals surface area (Å²) in [6.07, 6.45) is 3.56. The van der Waals surface area contributed by atoms with Gasteiger partial charge in [0.1, 0.15) is 0 Å². The Hall–Kier alpha value is -1.84. The van der Waals surface area contributed by atoms with Crippen LogP contribution in [0.5, 0.6) is 0 Å². The van der Waals surface area contributed by atoms with Crippen LogP contribution >= 0.6 is 0 Å². The molecule has 5 rings (SSSR count). The third-order valence-electron chi connectivity index (χ3n) is 5.26. The summed E-state index contributed by atoms with van der Waals surface area (Å²) in [5, 5.41) is 9.19. The second kappa shape index (κ2) is 7.65. The van der Waals surface area contributed by atoms with E-state index in [1.54, 1.807) is 0 Å². The quantitative estimate of drug-likeness (QED) is 0.418. The summed E-state index contributed by atoms with van der Waals surface area (Å²) in [5.74, 6) is 0.679. The molecule has 4 nitrogen and oxygen atoms in total. The molecule has 1 aliphatic rings. The minimum atomic E-state index is 0.0325. The molecule has 0 aliphatic heterocycles. The van der Waals surface area contributed by atoms with Gasteiger partial charge in [0.05, 0.1) is 0 Å². The molecule has 0 bridgehead atoms. The maximum atomic E-state index is 4.61. The molecule has 0 radical (unpaired) electrons. The second-order valence-corrected chi connectivity index (χ2v) is 10.2. The zero-order chi connectivity index (χ0) is 18.1. The third-order valence-corrected chi connectivity index (χ3v) is 8.63. The Morgan fingerprint density at radius 3 is 2.41 bits per heavy atom. The summed E-state index contributed by atoms with van der Waals surface area (Å²) in [7, 11) is 0. The molecule has 0 spiro atoms. The molecule has 2 atom stereocenters. The van der Waals surface area contributed by atoms with Gasteiger partial charge in [0.15, 0.2) is 0 Å². The number of aryl methyl sites for hydroxylation is 1. The van der Waals surface area contributed by atoms with Gasteiger partial charge in [-0.05, 0) is 0 Å². The Bertz CT molecular complexity index is 1030. The van der Waals surface area contributed by atoms with Crippen molar-refractivity contribution in [1.82, 2.24) is 18.4 Å². The molecule has 27 heavy (non-hydrogen) atoms.